The van der Waals surface area contributed by atoms with E-state index in [0.29, 0.717) is 18.5 Å². The third-order valence-corrected chi connectivity index (χ3v) is 3.86. The van der Waals surface area contributed by atoms with E-state index in [0.717, 1.165) is 10.4 Å². The van der Waals surface area contributed by atoms with Crippen molar-refractivity contribution < 1.29 is 9.90 Å². The van der Waals surface area contributed by atoms with Crippen molar-refractivity contribution in [3.63, 3.8) is 0 Å². The van der Waals surface area contributed by atoms with Crippen LogP contribution in [0, 0.1) is 6.92 Å². The zero-order valence-electron chi connectivity index (χ0n) is 10.8. The molecule has 0 radical (unpaired) electrons. The molecule has 0 fully saturated rings. The molecule has 0 saturated carbocycles. The number of carbonyl (C=O) groups is 1. The topological polar surface area (TPSA) is 49.3 Å². The molecule has 2 aromatic rings. The molecule has 2 N–H and O–H groups in total. The molecule has 19 heavy (non-hydrogen) atoms. The van der Waals surface area contributed by atoms with Crippen LogP contribution in [0.25, 0.3) is 0 Å². The van der Waals surface area contributed by atoms with Crippen LogP contribution in [0.1, 0.15) is 33.3 Å². The Labute approximate surface area is 116 Å². The van der Waals surface area contributed by atoms with E-state index in [1.165, 1.54) is 11.3 Å². The maximum absolute atomic E-state index is 11.8. The zero-order chi connectivity index (χ0) is 13.7. The number of hydrogen-bond acceptors (Lipinski definition) is 3. The highest BCUT2D eigenvalue weighted by Gasteiger charge is 2.09. The second-order valence-corrected chi connectivity index (χ2v) is 5.42. The van der Waals surface area contributed by atoms with Crippen molar-refractivity contribution in [1.82, 2.24) is 5.32 Å². The van der Waals surface area contributed by atoms with E-state index in [4.69, 9.17) is 0 Å². The highest BCUT2D eigenvalue weighted by Crippen LogP contribution is 2.20. The van der Waals surface area contributed by atoms with E-state index in [-0.39, 0.29) is 5.91 Å². The molecular weight excluding hydrogens is 258 g/mol. The van der Waals surface area contributed by atoms with Gasteiger partial charge in [-0.3, -0.25) is 4.79 Å². The van der Waals surface area contributed by atoms with E-state index >= 15 is 0 Å². The molecule has 0 aliphatic carbocycles. The van der Waals surface area contributed by atoms with Gasteiger partial charge in [-0.2, -0.15) is 0 Å². The van der Waals surface area contributed by atoms with Gasteiger partial charge in [-0.25, -0.2) is 0 Å². The van der Waals surface area contributed by atoms with Gasteiger partial charge in [0.2, 0.25) is 0 Å². The molecule has 1 aromatic carbocycles. The lowest BCUT2D eigenvalue weighted by atomic mass is 10.1. The largest absolute Gasteiger partial charge is 0.388 e. The van der Waals surface area contributed by atoms with Crippen LogP contribution in [-0.4, -0.2) is 17.6 Å². The molecule has 0 aliphatic heterocycles. The molecule has 3 nitrogen and oxygen atoms in total. The first-order valence-electron chi connectivity index (χ1n) is 6.23. The van der Waals surface area contributed by atoms with Gasteiger partial charge in [0.1, 0.15) is 0 Å². The number of aliphatic hydroxyl groups is 1. The fourth-order valence-electron chi connectivity index (χ4n) is 1.75. The average molecular weight is 275 g/mol. The van der Waals surface area contributed by atoms with Crippen LogP contribution < -0.4 is 5.32 Å². The molecule has 1 amide bonds. The van der Waals surface area contributed by atoms with Crippen LogP contribution in [-0.2, 0) is 0 Å². The van der Waals surface area contributed by atoms with Gasteiger partial charge >= 0.3 is 0 Å². The maximum Gasteiger partial charge on any atom is 0.251 e. The van der Waals surface area contributed by atoms with Gasteiger partial charge in [0, 0.05) is 17.0 Å². The van der Waals surface area contributed by atoms with Crippen LogP contribution in [0.4, 0.5) is 0 Å². The summed E-state index contributed by atoms with van der Waals surface area (Å²) in [5, 5.41) is 14.6. The smallest absolute Gasteiger partial charge is 0.251 e. The highest BCUT2D eigenvalue weighted by atomic mass is 32.1. The fourth-order valence-corrected chi connectivity index (χ4v) is 2.50. The Morgan fingerprint density at radius 2 is 2.05 bits per heavy atom. The van der Waals surface area contributed by atoms with Crippen molar-refractivity contribution in [2.75, 3.05) is 6.54 Å². The normalized spacial score (nSPS) is 12.1. The molecule has 4 heteroatoms. The van der Waals surface area contributed by atoms with E-state index in [2.05, 4.69) is 5.32 Å². The number of amides is 1. The first-order valence-corrected chi connectivity index (χ1v) is 7.11. The predicted octanol–water partition coefficient (Wildman–Crippen LogP) is 2.91. The van der Waals surface area contributed by atoms with Gasteiger partial charge in [-0.05, 0) is 36.9 Å². The summed E-state index contributed by atoms with van der Waals surface area (Å²) < 4.78 is 0. The average Bonchev–Trinajstić information content (AvgIpc) is 2.93. The lowest BCUT2D eigenvalue weighted by molar-refractivity contribution is 0.0943. The summed E-state index contributed by atoms with van der Waals surface area (Å²) in [4.78, 5) is 12.8. The van der Waals surface area contributed by atoms with Gasteiger partial charge in [0.05, 0.1) is 6.10 Å². The van der Waals surface area contributed by atoms with Crippen molar-refractivity contribution >= 4 is 17.2 Å². The van der Waals surface area contributed by atoms with Crippen molar-refractivity contribution in [3.8, 4) is 0 Å². The van der Waals surface area contributed by atoms with Crippen molar-refractivity contribution in [3.05, 3.63) is 57.8 Å². The molecule has 1 atom stereocenters. The SMILES string of the molecule is Cc1ccc(C(=O)NCCC(O)c2cccs2)cc1. The molecule has 2 rings (SSSR count). The van der Waals surface area contributed by atoms with E-state index in [9.17, 15) is 9.90 Å². The Hall–Kier alpha value is -1.65. The van der Waals surface area contributed by atoms with Crippen molar-refractivity contribution in [1.29, 1.82) is 0 Å². The van der Waals surface area contributed by atoms with Gasteiger partial charge in [-0.15, -0.1) is 11.3 Å². The second kappa shape index (κ2) is 6.50. The molecule has 1 unspecified atom stereocenters. The maximum atomic E-state index is 11.8. The third kappa shape index (κ3) is 3.91. The minimum Gasteiger partial charge on any atom is -0.388 e. The van der Waals surface area contributed by atoms with Gasteiger partial charge in [0.25, 0.3) is 5.91 Å². The molecule has 1 aromatic heterocycles. The third-order valence-electron chi connectivity index (χ3n) is 2.89. The number of aryl methyl sites for hydroxylation is 1. The van der Waals surface area contributed by atoms with E-state index in [1.807, 2.05) is 36.6 Å². The van der Waals surface area contributed by atoms with Crippen molar-refractivity contribution in [2.45, 2.75) is 19.4 Å². The molecule has 1 heterocycles. The number of hydrogen-bond donors (Lipinski definition) is 2. The van der Waals surface area contributed by atoms with Gasteiger partial charge in [-0.1, -0.05) is 23.8 Å². The van der Waals surface area contributed by atoms with Crippen LogP contribution >= 0.6 is 11.3 Å². The number of nitrogens with one attached hydrogen (secondary N) is 1. The monoisotopic (exact) mass is 275 g/mol. The Kier molecular flexibility index (Phi) is 4.71. The van der Waals surface area contributed by atoms with Crippen LogP contribution in [0.2, 0.25) is 0 Å². The minimum absolute atomic E-state index is 0.0987. The number of thiophene rings is 1. The first-order chi connectivity index (χ1) is 9.16. The highest BCUT2D eigenvalue weighted by molar-refractivity contribution is 7.10. The van der Waals surface area contributed by atoms with Gasteiger partial charge < -0.3 is 10.4 Å². The summed E-state index contributed by atoms with van der Waals surface area (Å²) in [7, 11) is 0. The summed E-state index contributed by atoms with van der Waals surface area (Å²) in [6.07, 6.45) is 0.0243. The Bertz CT molecular complexity index is 520. The Morgan fingerprint density at radius 1 is 1.32 bits per heavy atom. The summed E-state index contributed by atoms with van der Waals surface area (Å²) in [6.45, 7) is 2.45. The van der Waals surface area contributed by atoms with E-state index < -0.39 is 6.10 Å². The molecular formula is C15H17NO2S. The lowest BCUT2D eigenvalue weighted by Gasteiger charge is -2.09. The number of benzene rings is 1. The van der Waals surface area contributed by atoms with Crippen LogP contribution in [0.3, 0.4) is 0 Å². The molecule has 0 saturated heterocycles. The van der Waals surface area contributed by atoms with Crippen molar-refractivity contribution in [2.24, 2.45) is 0 Å². The fraction of sp³-hybridized carbons (Fsp3) is 0.267. The lowest BCUT2D eigenvalue weighted by Crippen LogP contribution is -2.25. The van der Waals surface area contributed by atoms with Crippen LogP contribution in [0.15, 0.2) is 41.8 Å². The Morgan fingerprint density at radius 3 is 2.68 bits per heavy atom. The standard InChI is InChI=1S/C15H17NO2S/c1-11-4-6-12(7-5-11)15(18)16-9-8-13(17)14-3-2-10-19-14/h2-7,10,13,17H,8-9H2,1H3,(H,16,18). The van der Waals surface area contributed by atoms with Crippen LogP contribution in [0.5, 0.6) is 0 Å². The summed E-state index contributed by atoms with van der Waals surface area (Å²) in [5.74, 6) is -0.0987. The minimum atomic E-state index is -0.502. The summed E-state index contributed by atoms with van der Waals surface area (Å²) in [5.41, 5.74) is 1.78. The van der Waals surface area contributed by atoms with E-state index in [1.54, 1.807) is 12.1 Å². The number of aliphatic hydroxyl groups excluding tert-OH is 1. The number of carbonyl (C=O) groups excluding carboxylic acids is 1. The quantitative estimate of drug-likeness (QED) is 0.881. The summed E-state index contributed by atoms with van der Waals surface area (Å²) >= 11 is 1.53. The predicted molar refractivity (Wildman–Crippen MR) is 77.4 cm³/mol. The first kappa shape index (κ1) is 13.8. The van der Waals surface area contributed by atoms with Gasteiger partial charge in [0.15, 0.2) is 0 Å². The summed E-state index contributed by atoms with van der Waals surface area (Å²) in [6, 6.07) is 11.2. The second-order valence-electron chi connectivity index (χ2n) is 4.44. The number of rotatable bonds is 5. The zero-order valence-corrected chi connectivity index (χ0v) is 11.6. The molecule has 0 spiro atoms. The molecule has 0 aliphatic rings. The Balaban J connectivity index is 1.79. The molecule has 0 bridgehead atoms. The molecule has 100 valence electrons.